The first-order chi connectivity index (χ1) is 7.75. The van der Waals surface area contributed by atoms with E-state index in [1.54, 1.807) is 6.20 Å². The number of pyridine rings is 1. The molecular weight excluding hydrogens is 319 g/mol. The van der Waals surface area contributed by atoms with Gasteiger partial charge < -0.3 is 10.5 Å². The van der Waals surface area contributed by atoms with E-state index in [9.17, 15) is 0 Å². The van der Waals surface area contributed by atoms with Crippen LogP contribution >= 0.6 is 22.6 Å². The van der Waals surface area contributed by atoms with Crippen molar-refractivity contribution in [2.75, 3.05) is 12.3 Å². The first-order valence-corrected chi connectivity index (χ1v) is 6.24. The largest absolute Gasteiger partial charge is 0.397 e. The van der Waals surface area contributed by atoms with Gasteiger partial charge in [-0.15, -0.1) is 0 Å². The van der Waals surface area contributed by atoms with Gasteiger partial charge in [0.15, 0.2) is 11.9 Å². The summed E-state index contributed by atoms with van der Waals surface area (Å²) in [6.45, 7) is 0.803. The molecular formula is C10H11IN4O. The van der Waals surface area contributed by atoms with Gasteiger partial charge in [-0.3, -0.25) is 0 Å². The van der Waals surface area contributed by atoms with Crippen LogP contribution in [0.25, 0.3) is 11.0 Å². The molecule has 0 bridgehead atoms. The Bertz CT molecular complexity index is 533. The normalized spacial score (nSPS) is 20.7. The molecule has 1 aliphatic rings. The summed E-state index contributed by atoms with van der Waals surface area (Å²) in [6, 6.07) is 1.91. The number of anilines is 1. The van der Waals surface area contributed by atoms with E-state index in [0.29, 0.717) is 5.69 Å². The van der Waals surface area contributed by atoms with Gasteiger partial charge in [-0.2, -0.15) is 5.10 Å². The van der Waals surface area contributed by atoms with Gasteiger partial charge in [0, 0.05) is 6.61 Å². The summed E-state index contributed by atoms with van der Waals surface area (Å²) in [6.07, 6.45) is 3.77. The Labute approximate surface area is 106 Å². The minimum absolute atomic E-state index is 0.0298. The van der Waals surface area contributed by atoms with Crippen LogP contribution in [0.2, 0.25) is 0 Å². The number of hydrogen-bond acceptors (Lipinski definition) is 4. The van der Waals surface area contributed by atoms with E-state index in [4.69, 9.17) is 10.5 Å². The highest BCUT2D eigenvalue weighted by molar-refractivity contribution is 14.1. The second-order valence-electron chi connectivity index (χ2n) is 3.84. The molecule has 1 aliphatic heterocycles. The van der Waals surface area contributed by atoms with Crippen molar-refractivity contribution in [1.82, 2.24) is 14.8 Å². The summed E-state index contributed by atoms with van der Waals surface area (Å²) < 4.78 is 8.40. The number of nitrogens with zero attached hydrogens (tertiary/aromatic N) is 3. The van der Waals surface area contributed by atoms with E-state index in [2.05, 4.69) is 32.7 Å². The maximum Gasteiger partial charge on any atom is 0.161 e. The van der Waals surface area contributed by atoms with Crippen molar-refractivity contribution in [1.29, 1.82) is 0 Å². The van der Waals surface area contributed by atoms with Crippen LogP contribution in [-0.4, -0.2) is 21.4 Å². The average molecular weight is 330 g/mol. The molecule has 0 saturated carbocycles. The number of aromatic nitrogens is 3. The Kier molecular flexibility index (Phi) is 2.47. The fourth-order valence-electron chi connectivity index (χ4n) is 1.96. The van der Waals surface area contributed by atoms with Crippen molar-refractivity contribution in [3.63, 3.8) is 0 Å². The lowest BCUT2D eigenvalue weighted by Gasteiger charge is -2.09. The van der Waals surface area contributed by atoms with Gasteiger partial charge in [-0.25, -0.2) is 9.67 Å². The molecule has 1 fully saturated rings. The maximum absolute atomic E-state index is 5.72. The first kappa shape index (κ1) is 10.3. The number of nitrogens with two attached hydrogens (primary N) is 1. The molecule has 1 unspecified atom stereocenters. The molecule has 16 heavy (non-hydrogen) atoms. The van der Waals surface area contributed by atoms with Gasteiger partial charge in [0.25, 0.3) is 0 Å². The van der Waals surface area contributed by atoms with Crippen molar-refractivity contribution in [2.24, 2.45) is 0 Å². The number of fused-ring (bicyclic) bond motifs is 1. The van der Waals surface area contributed by atoms with Crippen LogP contribution in [0.1, 0.15) is 19.1 Å². The van der Waals surface area contributed by atoms with Gasteiger partial charge >= 0.3 is 0 Å². The first-order valence-electron chi connectivity index (χ1n) is 5.16. The van der Waals surface area contributed by atoms with Crippen LogP contribution in [0.4, 0.5) is 5.69 Å². The van der Waals surface area contributed by atoms with Crippen molar-refractivity contribution >= 4 is 39.3 Å². The molecule has 1 atom stereocenters. The molecule has 2 N–H and O–H groups in total. The van der Waals surface area contributed by atoms with Crippen LogP contribution in [0, 0.1) is 3.70 Å². The Morgan fingerprint density at radius 3 is 3.19 bits per heavy atom. The number of hydrogen-bond donors (Lipinski definition) is 1. The molecule has 3 rings (SSSR count). The number of ether oxygens (including phenoxy) is 1. The molecule has 84 valence electrons. The zero-order valence-corrected chi connectivity index (χ0v) is 10.7. The highest BCUT2D eigenvalue weighted by atomic mass is 127. The third-order valence-electron chi connectivity index (χ3n) is 2.70. The third-order valence-corrected chi connectivity index (χ3v) is 3.50. The van der Waals surface area contributed by atoms with Gasteiger partial charge in [0.2, 0.25) is 0 Å². The molecule has 0 amide bonds. The van der Waals surface area contributed by atoms with E-state index in [-0.39, 0.29) is 6.23 Å². The van der Waals surface area contributed by atoms with E-state index >= 15 is 0 Å². The highest BCUT2D eigenvalue weighted by Crippen LogP contribution is 2.28. The summed E-state index contributed by atoms with van der Waals surface area (Å²) in [5.41, 5.74) is 7.24. The van der Waals surface area contributed by atoms with Gasteiger partial charge in [-0.1, -0.05) is 0 Å². The maximum atomic E-state index is 5.72. The Morgan fingerprint density at radius 2 is 2.44 bits per heavy atom. The Balaban J connectivity index is 2.18. The number of rotatable bonds is 1. The highest BCUT2D eigenvalue weighted by Gasteiger charge is 2.22. The van der Waals surface area contributed by atoms with Crippen molar-refractivity contribution < 1.29 is 4.74 Å². The molecule has 0 radical (unpaired) electrons. The molecule has 5 nitrogen and oxygen atoms in total. The lowest BCUT2D eigenvalue weighted by Crippen LogP contribution is -2.09. The van der Waals surface area contributed by atoms with Gasteiger partial charge in [0.1, 0.15) is 3.70 Å². The zero-order chi connectivity index (χ0) is 11.1. The standard InChI is InChI=1S/C10H11IN4O/c11-9-7-4-6(12)5-13-10(7)15(14-9)8-2-1-3-16-8/h4-5,8H,1-3,12H2. The van der Waals surface area contributed by atoms with E-state index in [1.807, 2.05) is 10.7 Å². The van der Waals surface area contributed by atoms with Crippen LogP contribution in [0.3, 0.4) is 0 Å². The number of nitrogen functional groups attached to an aromatic ring is 1. The van der Waals surface area contributed by atoms with Crippen LogP contribution in [-0.2, 0) is 4.74 Å². The smallest absolute Gasteiger partial charge is 0.161 e. The molecule has 1 saturated heterocycles. The molecule has 0 spiro atoms. The van der Waals surface area contributed by atoms with Crippen LogP contribution in [0.15, 0.2) is 12.3 Å². The van der Waals surface area contributed by atoms with Gasteiger partial charge in [0.05, 0.1) is 17.3 Å². The summed E-state index contributed by atoms with van der Waals surface area (Å²) in [5.74, 6) is 0. The minimum atomic E-state index is 0.0298. The SMILES string of the molecule is Nc1cnc2c(c1)c(I)nn2C1CCCO1. The fourth-order valence-corrected chi connectivity index (χ4v) is 2.59. The fraction of sp³-hybridized carbons (Fsp3) is 0.400. The van der Waals surface area contributed by atoms with Crippen molar-refractivity contribution in [2.45, 2.75) is 19.1 Å². The molecule has 3 heterocycles. The minimum Gasteiger partial charge on any atom is -0.397 e. The average Bonchev–Trinajstić information content (AvgIpc) is 2.87. The van der Waals surface area contributed by atoms with Crippen molar-refractivity contribution in [3.05, 3.63) is 16.0 Å². The van der Waals surface area contributed by atoms with Crippen LogP contribution in [0.5, 0.6) is 0 Å². The Hall–Kier alpha value is -0.890. The zero-order valence-electron chi connectivity index (χ0n) is 8.56. The van der Waals surface area contributed by atoms with Crippen molar-refractivity contribution in [3.8, 4) is 0 Å². The third kappa shape index (κ3) is 1.56. The lowest BCUT2D eigenvalue weighted by atomic mass is 10.3. The summed E-state index contributed by atoms with van der Waals surface area (Å²) in [7, 11) is 0. The summed E-state index contributed by atoms with van der Waals surface area (Å²) in [4.78, 5) is 4.34. The number of halogens is 1. The monoisotopic (exact) mass is 330 g/mol. The Morgan fingerprint density at radius 1 is 1.56 bits per heavy atom. The summed E-state index contributed by atoms with van der Waals surface area (Å²) >= 11 is 2.20. The second kappa shape index (κ2) is 3.85. The summed E-state index contributed by atoms with van der Waals surface area (Å²) in [5, 5.41) is 5.47. The van der Waals surface area contributed by atoms with Gasteiger partial charge in [-0.05, 0) is 41.5 Å². The van der Waals surface area contributed by atoms with Crippen LogP contribution < -0.4 is 5.73 Å². The lowest BCUT2D eigenvalue weighted by molar-refractivity contribution is 0.0496. The molecule has 0 aromatic carbocycles. The molecule has 2 aromatic heterocycles. The topological polar surface area (TPSA) is 66.0 Å². The quantitative estimate of drug-likeness (QED) is 0.812. The predicted octanol–water partition coefficient (Wildman–Crippen LogP) is 1.93. The van der Waals surface area contributed by atoms with E-state index in [1.165, 1.54) is 0 Å². The predicted molar refractivity (Wildman–Crippen MR) is 68.9 cm³/mol. The molecule has 0 aliphatic carbocycles. The second-order valence-corrected chi connectivity index (χ2v) is 4.86. The van der Waals surface area contributed by atoms with E-state index in [0.717, 1.165) is 34.2 Å². The molecule has 6 heteroatoms. The van der Waals surface area contributed by atoms with E-state index < -0.39 is 0 Å². The molecule has 2 aromatic rings.